The van der Waals surface area contributed by atoms with Gasteiger partial charge < -0.3 is 15.1 Å². The largest absolute Gasteiger partial charge is 0.359 e. The number of amidine groups is 1. The summed E-state index contributed by atoms with van der Waals surface area (Å²) in [7, 11) is 0. The van der Waals surface area contributed by atoms with E-state index in [0.717, 1.165) is 11.5 Å². The van der Waals surface area contributed by atoms with Crippen LogP contribution in [-0.4, -0.2) is 21.8 Å². The first-order chi connectivity index (χ1) is 31.7. The Bertz CT molecular complexity index is 3500. The van der Waals surface area contributed by atoms with E-state index in [4.69, 9.17) is 4.99 Å². The van der Waals surface area contributed by atoms with E-state index in [1.54, 1.807) is 0 Å². The van der Waals surface area contributed by atoms with Gasteiger partial charge in [0.15, 0.2) is 0 Å². The van der Waals surface area contributed by atoms with Crippen LogP contribution in [0.4, 0.5) is 0 Å². The lowest BCUT2D eigenvalue weighted by Gasteiger charge is -2.28. The van der Waals surface area contributed by atoms with Crippen molar-refractivity contribution >= 4 is 60.3 Å². The quantitative estimate of drug-likeness (QED) is 0.170. The van der Waals surface area contributed by atoms with Gasteiger partial charge in [0.05, 0.1) is 17.4 Å². The van der Waals surface area contributed by atoms with E-state index in [1.807, 2.05) is 0 Å². The van der Waals surface area contributed by atoms with Crippen molar-refractivity contribution in [3.8, 4) is 22.3 Å². The Morgan fingerprint density at radius 1 is 0.422 bits per heavy atom. The zero-order chi connectivity index (χ0) is 42.1. The first-order valence-corrected chi connectivity index (χ1v) is 22.2. The molecule has 3 unspecified atom stereocenters. The molecule has 4 aliphatic heterocycles. The molecule has 0 spiro atoms. The van der Waals surface area contributed by atoms with Gasteiger partial charge in [0.25, 0.3) is 0 Å². The van der Waals surface area contributed by atoms with Gasteiger partial charge in [-0.2, -0.15) is 0 Å². The maximum Gasteiger partial charge on any atom is 0.128 e. The molecule has 9 aromatic carbocycles. The Labute approximate surface area is 372 Å². The van der Waals surface area contributed by atoms with Crippen LogP contribution in [0.15, 0.2) is 236 Å². The van der Waals surface area contributed by atoms with Crippen molar-refractivity contribution in [1.82, 2.24) is 15.1 Å². The van der Waals surface area contributed by atoms with Crippen LogP contribution in [-0.2, 0) is 0 Å². The minimum absolute atomic E-state index is 0.0153. The highest BCUT2D eigenvalue weighted by molar-refractivity contribution is 6.22. The van der Waals surface area contributed by atoms with Gasteiger partial charge in [-0.1, -0.05) is 170 Å². The smallest absolute Gasteiger partial charge is 0.128 e. The van der Waals surface area contributed by atoms with Crippen molar-refractivity contribution < 1.29 is 0 Å². The molecule has 4 heterocycles. The molecular weight excluding hydrogens is 777 g/mol. The van der Waals surface area contributed by atoms with Crippen molar-refractivity contribution in [3.63, 3.8) is 0 Å². The molecule has 0 saturated heterocycles. The maximum atomic E-state index is 5.27. The normalized spacial score (nSPS) is 18.6. The van der Waals surface area contributed by atoms with Crippen molar-refractivity contribution in [3.05, 3.63) is 253 Å². The van der Waals surface area contributed by atoms with Crippen LogP contribution in [0.1, 0.15) is 34.3 Å². The van der Waals surface area contributed by atoms with Crippen LogP contribution in [0, 0.1) is 0 Å². The lowest BCUT2D eigenvalue weighted by Crippen LogP contribution is -2.32. The SMILES string of the molecule is C1=CC2=NC(c3ccc4cc(-c5c6ccccc6c(-c6ccc7cc(C8=C(c9ccccc9)N9C=CC=CC9N8)ccc7c6)c6ccccc56)ccc4c3)C(c3ccccc3)N2C=C1. The van der Waals surface area contributed by atoms with Crippen molar-refractivity contribution in [2.75, 3.05) is 0 Å². The van der Waals surface area contributed by atoms with E-state index < -0.39 is 0 Å². The van der Waals surface area contributed by atoms with Crippen LogP contribution < -0.4 is 5.32 Å². The van der Waals surface area contributed by atoms with E-state index in [0.29, 0.717) is 0 Å². The molecule has 0 amide bonds. The summed E-state index contributed by atoms with van der Waals surface area (Å²) in [5.41, 5.74) is 12.2. The highest BCUT2D eigenvalue weighted by Gasteiger charge is 2.37. The van der Waals surface area contributed by atoms with Crippen LogP contribution in [0.5, 0.6) is 0 Å². The van der Waals surface area contributed by atoms with Crippen LogP contribution in [0.3, 0.4) is 0 Å². The molecule has 0 fully saturated rings. The highest BCUT2D eigenvalue weighted by atomic mass is 15.3. The number of hydrogen-bond acceptors (Lipinski definition) is 4. The van der Waals surface area contributed by atoms with Gasteiger partial charge in [-0.25, -0.2) is 0 Å². The fraction of sp³-hybridized carbons (Fsp3) is 0.0500. The molecule has 0 saturated carbocycles. The zero-order valence-electron chi connectivity index (χ0n) is 35.0. The summed E-state index contributed by atoms with van der Waals surface area (Å²) in [4.78, 5) is 9.92. The standard InChI is InChI=1S/C60H42N4/c1-3-15-39(16-4-1)59-57(61-53-23-11-13-33-63(53)59)47-31-27-41-35-45(29-25-43(41)37-47)55-49-19-7-9-21-51(49)56(52-22-10-8-20-50(52)55)46-30-26-44-38-48(32-28-42(44)36-46)58-60(40-17-5-2-6-18-40)64-34-14-12-24-54(64)62-58/h1-38,53,58,60-61H. The van der Waals surface area contributed by atoms with Gasteiger partial charge in [-0.3, -0.25) is 4.99 Å². The van der Waals surface area contributed by atoms with Crippen molar-refractivity contribution in [2.24, 2.45) is 4.99 Å². The van der Waals surface area contributed by atoms with Gasteiger partial charge in [-0.05, 0) is 125 Å². The number of fused-ring (bicyclic) bond motifs is 6. The predicted octanol–water partition coefficient (Wildman–Crippen LogP) is 14.4. The van der Waals surface area contributed by atoms with Gasteiger partial charge in [0.2, 0.25) is 0 Å². The Hall–Kier alpha value is -8.21. The van der Waals surface area contributed by atoms with E-state index in [-0.39, 0.29) is 18.2 Å². The highest BCUT2D eigenvalue weighted by Crippen LogP contribution is 2.47. The molecule has 0 bridgehead atoms. The molecule has 302 valence electrons. The fourth-order valence-electron chi connectivity index (χ4n) is 10.6. The monoisotopic (exact) mass is 818 g/mol. The number of benzene rings is 9. The summed E-state index contributed by atoms with van der Waals surface area (Å²) in [6.07, 6.45) is 17.2. The first kappa shape index (κ1) is 36.4. The third-order valence-electron chi connectivity index (χ3n) is 13.5. The van der Waals surface area contributed by atoms with E-state index in [2.05, 4.69) is 246 Å². The summed E-state index contributed by atoms with van der Waals surface area (Å²) in [5, 5.41) is 13.7. The second-order valence-electron chi connectivity index (χ2n) is 17.1. The fourth-order valence-corrected chi connectivity index (χ4v) is 10.6. The summed E-state index contributed by atoms with van der Waals surface area (Å²) >= 11 is 0. The summed E-state index contributed by atoms with van der Waals surface area (Å²) in [5.74, 6) is 1.01. The Balaban J connectivity index is 0.894. The third kappa shape index (κ3) is 5.87. The molecule has 1 N–H and O–H groups in total. The number of allylic oxidation sites excluding steroid dienone is 4. The van der Waals surface area contributed by atoms with Gasteiger partial charge in [-0.15, -0.1) is 0 Å². The molecule has 4 heteroatoms. The summed E-state index contributed by atoms with van der Waals surface area (Å²) in [6, 6.07) is 67.3. The minimum atomic E-state index is -0.0153. The molecule has 4 nitrogen and oxygen atoms in total. The lowest BCUT2D eigenvalue weighted by molar-refractivity contribution is 0.396. The number of nitrogens with one attached hydrogen (secondary N) is 1. The number of hydrogen-bond donors (Lipinski definition) is 1. The average Bonchev–Trinajstić information content (AvgIpc) is 3.95. The number of nitrogens with zero attached hydrogens (tertiary/aromatic N) is 3. The van der Waals surface area contributed by atoms with Crippen molar-refractivity contribution in [2.45, 2.75) is 18.2 Å². The molecule has 64 heavy (non-hydrogen) atoms. The maximum absolute atomic E-state index is 5.27. The second-order valence-corrected chi connectivity index (χ2v) is 17.1. The Kier molecular flexibility index (Phi) is 8.38. The number of rotatable bonds is 6. The Morgan fingerprint density at radius 3 is 1.61 bits per heavy atom. The van der Waals surface area contributed by atoms with Gasteiger partial charge >= 0.3 is 0 Å². The predicted molar refractivity (Wildman–Crippen MR) is 267 cm³/mol. The first-order valence-electron chi connectivity index (χ1n) is 22.2. The van der Waals surface area contributed by atoms with E-state index in [1.165, 1.54) is 93.3 Å². The number of aliphatic imine (C=N–C) groups is 1. The van der Waals surface area contributed by atoms with E-state index in [9.17, 15) is 0 Å². The van der Waals surface area contributed by atoms with Gasteiger partial charge in [0, 0.05) is 23.5 Å². The topological polar surface area (TPSA) is 30.9 Å². The van der Waals surface area contributed by atoms with Crippen LogP contribution >= 0.6 is 0 Å². The molecule has 3 atom stereocenters. The second kappa shape index (κ2) is 14.7. The van der Waals surface area contributed by atoms with Crippen molar-refractivity contribution in [1.29, 1.82) is 0 Å². The van der Waals surface area contributed by atoms with Crippen LogP contribution in [0.2, 0.25) is 0 Å². The van der Waals surface area contributed by atoms with E-state index >= 15 is 0 Å². The lowest BCUT2D eigenvalue weighted by atomic mass is 9.85. The molecule has 13 rings (SSSR count). The molecule has 4 aliphatic rings. The Morgan fingerprint density at radius 2 is 0.953 bits per heavy atom. The summed E-state index contributed by atoms with van der Waals surface area (Å²) in [6.45, 7) is 0. The van der Waals surface area contributed by atoms with Crippen LogP contribution in [0.25, 0.3) is 76.7 Å². The average molecular weight is 819 g/mol. The molecule has 0 radical (unpaired) electrons. The van der Waals surface area contributed by atoms with Gasteiger partial charge in [0.1, 0.15) is 18.0 Å². The summed E-state index contributed by atoms with van der Waals surface area (Å²) < 4.78 is 0. The zero-order valence-corrected chi connectivity index (χ0v) is 35.0. The minimum Gasteiger partial charge on any atom is -0.359 e. The molecule has 9 aromatic rings. The third-order valence-corrected chi connectivity index (χ3v) is 13.5. The molecular formula is C60H42N4. The molecule has 0 aliphatic carbocycles. The molecule has 0 aromatic heterocycles.